The fraction of sp³-hybridized carbons (Fsp3) is 0.625. The highest BCUT2D eigenvalue weighted by atomic mass is 35.5. The third-order valence-corrected chi connectivity index (χ3v) is 7.18. The lowest BCUT2D eigenvalue weighted by Gasteiger charge is -2.40. The van der Waals surface area contributed by atoms with E-state index in [1.165, 1.54) is 41.3 Å². The number of benzene rings is 1. The van der Waals surface area contributed by atoms with E-state index in [2.05, 4.69) is 48.1 Å². The molecule has 1 aromatic carbocycles. The molecule has 2 heterocycles. The molecule has 4 nitrogen and oxygen atoms in total. The normalized spacial score (nSPS) is 26.8. The Balaban J connectivity index is 0.00000205. The van der Waals surface area contributed by atoms with E-state index in [0.717, 1.165) is 32.2 Å². The highest BCUT2D eigenvalue weighted by Gasteiger charge is 2.40. The average molecular weight is 417 g/mol. The van der Waals surface area contributed by atoms with Crippen molar-refractivity contribution in [1.82, 2.24) is 9.88 Å². The number of hydrogen-bond acceptors (Lipinski definition) is 3. The molecule has 0 radical (unpaired) electrons. The molecule has 3 aliphatic rings. The van der Waals surface area contributed by atoms with Gasteiger partial charge in [-0.25, -0.2) is 0 Å². The molecule has 1 aliphatic heterocycles. The largest absolute Gasteiger partial charge is 0.462 e. The van der Waals surface area contributed by atoms with E-state index < -0.39 is 0 Å². The minimum absolute atomic E-state index is 0. The van der Waals surface area contributed by atoms with Crippen molar-refractivity contribution in [1.29, 1.82) is 0 Å². The van der Waals surface area contributed by atoms with Crippen LogP contribution in [0.5, 0.6) is 0 Å². The summed E-state index contributed by atoms with van der Waals surface area (Å²) in [6.07, 6.45) is 10.2. The molecule has 5 rings (SSSR count). The molecule has 1 aromatic heterocycles. The number of esters is 1. The Morgan fingerprint density at radius 1 is 1.21 bits per heavy atom. The summed E-state index contributed by atoms with van der Waals surface area (Å²) in [5.41, 5.74) is 4.22. The zero-order valence-corrected chi connectivity index (χ0v) is 18.3. The average Bonchev–Trinajstić information content (AvgIpc) is 3.09. The highest BCUT2D eigenvalue weighted by molar-refractivity contribution is 5.89. The molecule has 2 aliphatic carbocycles. The lowest BCUT2D eigenvalue weighted by Crippen LogP contribution is -2.49. The van der Waals surface area contributed by atoms with Crippen LogP contribution in [0.4, 0.5) is 0 Å². The van der Waals surface area contributed by atoms with Gasteiger partial charge in [-0.15, -0.1) is 12.4 Å². The number of carbonyl (C=O) groups excluding carboxylic acids is 1. The Morgan fingerprint density at radius 3 is 2.76 bits per heavy atom. The van der Waals surface area contributed by atoms with Crippen molar-refractivity contribution in [2.24, 2.45) is 5.92 Å². The van der Waals surface area contributed by atoms with Crippen LogP contribution in [-0.4, -0.2) is 29.2 Å². The van der Waals surface area contributed by atoms with Crippen LogP contribution in [0.1, 0.15) is 75.5 Å². The number of nitrogens with one attached hydrogen (secondary N) is 1. The third-order valence-electron chi connectivity index (χ3n) is 7.18. The maximum atomic E-state index is 12.9. The Morgan fingerprint density at radius 2 is 2.00 bits per heavy atom. The van der Waals surface area contributed by atoms with Gasteiger partial charge < -0.3 is 14.6 Å². The van der Waals surface area contributed by atoms with Gasteiger partial charge in [-0.05, 0) is 69.6 Å². The van der Waals surface area contributed by atoms with Gasteiger partial charge >= 0.3 is 5.97 Å². The number of halogens is 1. The molecule has 3 atom stereocenters. The number of hydrogen-bond donors (Lipinski definition) is 1. The zero-order valence-electron chi connectivity index (χ0n) is 17.5. The Labute approximate surface area is 179 Å². The fourth-order valence-electron chi connectivity index (χ4n) is 5.72. The number of piperidine rings is 1. The highest BCUT2D eigenvalue weighted by Crippen LogP contribution is 2.43. The molecule has 0 spiro atoms. The molecule has 5 heteroatoms. The molecular formula is C24H33ClN2O2. The van der Waals surface area contributed by atoms with Crippen LogP contribution in [0.3, 0.4) is 0 Å². The molecule has 0 bridgehead atoms. The molecule has 29 heavy (non-hydrogen) atoms. The maximum Gasteiger partial charge on any atom is 0.310 e. The minimum Gasteiger partial charge on any atom is -0.462 e. The van der Waals surface area contributed by atoms with Gasteiger partial charge in [0.2, 0.25) is 0 Å². The van der Waals surface area contributed by atoms with Crippen molar-refractivity contribution in [2.75, 3.05) is 6.54 Å². The Hall–Kier alpha value is -1.52. The summed E-state index contributed by atoms with van der Waals surface area (Å²) in [7, 11) is 0. The van der Waals surface area contributed by atoms with Gasteiger partial charge in [-0.1, -0.05) is 18.6 Å². The molecule has 1 saturated carbocycles. The second-order valence-corrected chi connectivity index (χ2v) is 9.35. The third kappa shape index (κ3) is 3.70. The van der Waals surface area contributed by atoms with Crippen LogP contribution in [-0.2, 0) is 16.0 Å². The quantitative estimate of drug-likeness (QED) is 0.704. The number of ether oxygens (including phenoxy) is 1. The summed E-state index contributed by atoms with van der Waals surface area (Å²) < 4.78 is 8.31. The van der Waals surface area contributed by atoms with Gasteiger partial charge in [-0.2, -0.15) is 0 Å². The summed E-state index contributed by atoms with van der Waals surface area (Å²) >= 11 is 0. The van der Waals surface area contributed by atoms with Crippen LogP contribution >= 0.6 is 12.4 Å². The molecular weight excluding hydrogens is 384 g/mol. The molecule has 2 aromatic rings. The molecule has 2 fully saturated rings. The summed E-state index contributed by atoms with van der Waals surface area (Å²) in [6, 6.07) is 7.60. The van der Waals surface area contributed by atoms with Crippen molar-refractivity contribution in [3.05, 3.63) is 35.5 Å². The number of carbonyl (C=O) groups is 1. The van der Waals surface area contributed by atoms with Gasteiger partial charge in [0, 0.05) is 41.6 Å². The first kappa shape index (κ1) is 20.7. The second kappa shape index (κ2) is 8.31. The summed E-state index contributed by atoms with van der Waals surface area (Å²) in [5.74, 6) is 0.402. The second-order valence-electron chi connectivity index (χ2n) is 9.35. The molecule has 2 unspecified atom stereocenters. The topological polar surface area (TPSA) is 43.3 Å². The van der Waals surface area contributed by atoms with E-state index in [0.29, 0.717) is 18.0 Å². The van der Waals surface area contributed by atoms with Crippen molar-refractivity contribution in [3.63, 3.8) is 0 Å². The Kier molecular flexibility index (Phi) is 5.94. The van der Waals surface area contributed by atoms with Crippen LogP contribution in [0, 0.1) is 5.92 Å². The van der Waals surface area contributed by atoms with Crippen LogP contribution < -0.4 is 5.32 Å². The molecule has 1 saturated heterocycles. The van der Waals surface area contributed by atoms with Gasteiger partial charge in [0.25, 0.3) is 0 Å². The first-order valence-electron chi connectivity index (χ1n) is 11.2. The summed E-state index contributed by atoms with van der Waals surface area (Å²) in [4.78, 5) is 12.9. The monoisotopic (exact) mass is 416 g/mol. The van der Waals surface area contributed by atoms with E-state index in [1.54, 1.807) is 0 Å². The Bertz CT molecular complexity index is 884. The van der Waals surface area contributed by atoms with Gasteiger partial charge in [0.15, 0.2) is 0 Å². The molecule has 158 valence electrons. The van der Waals surface area contributed by atoms with E-state index in [4.69, 9.17) is 4.74 Å². The van der Waals surface area contributed by atoms with Crippen molar-refractivity contribution in [3.8, 4) is 0 Å². The van der Waals surface area contributed by atoms with Gasteiger partial charge in [0.05, 0.1) is 5.92 Å². The van der Waals surface area contributed by atoms with E-state index in [1.807, 2.05) is 0 Å². The standard InChI is InChI=1S/C24H32N2O2.ClH/c1-15(2)26-14-17-12-21-20(19-9-6-10-22(26)23(17)19)11-16(13-25-21)24(27)28-18-7-4-3-5-8-18;/h6,9-10,14-16,18,20-21,25H,3-5,7-8,11-13H2,1-2H3;1H/t16-,20?,21?;/m1./s1. The van der Waals surface area contributed by atoms with Crippen LogP contribution in [0.25, 0.3) is 10.9 Å². The van der Waals surface area contributed by atoms with E-state index >= 15 is 0 Å². The summed E-state index contributed by atoms with van der Waals surface area (Å²) in [6.45, 7) is 5.25. The first-order chi connectivity index (χ1) is 13.6. The number of rotatable bonds is 3. The van der Waals surface area contributed by atoms with E-state index in [-0.39, 0.29) is 30.4 Å². The number of aromatic nitrogens is 1. The SMILES string of the molecule is CC(C)n1cc2c3c(cccc31)C1C[C@@H](C(=O)OC3CCCCC3)CNC1C2.Cl. The molecule has 0 amide bonds. The molecule has 1 N–H and O–H groups in total. The lowest BCUT2D eigenvalue weighted by molar-refractivity contribution is -0.156. The van der Waals surface area contributed by atoms with Crippen LogP contribution in [0.2, 0.25) is 0 Å². The van der Waals surface area contributed by atoms with E-state index in [9.17, 15) is 4.79 Å². The minimum atomic E-state index is -0.0211. The van der Waals surface area contributed by atoms with Crippen LogP contribution in [0.15, 0.2) is 24.4 Å². The van der Waals surface area contributed by atoms with Gasteiger partial charge in [-0.3, -0.25) is 4.79 Å². The van der Waals surface area contributed by atoms with Crippen molar-refractivity contribution >= 4 is 29.3 Å². The predicted octanol–water partition coefficient (Wildman–Crippen LogP) is 5.14. The number of nitrogens with zero attached hydrogens (tertiary/aromatic N) is 1. The summed E-state index contributed by atoms with van der Waals surface area (Å²) in [5, 5.41) is 5.13. The zero-order chi connectivity index (χ0) is 19.3. The van der Waals surface area contributed by atoms with Crippen molar-refractivity contribution in [2.45, 2.75) is 82.9 Å². The predicted molar refractivity (Wildman–Crippen MR) is 119 cm³/mol. The van der Waals surface area contributed by atoms with Crippen molar-refractivity contribution < 1.29 is 9.53 Å². The lowest BCUT2D eigenvalue weighted by atomic mass is 9.73. The maximum absolute atomic E-state index is 12.9. The van der Waals surface area contributed by atoms with Gasteiger partial charge in [0.1, 0.15) is 6.10 Å². The first-order valence-corrected chi connectivity index (χ1v) is 11.2. The smallest absolute Gasteiger partial charge is 0.310 e. The number of fused-ring (bicyclic) bond motifs is 2. The fourth-order valence-corrected chi connectivity index (χ4v) is 5.72.